The molecule has 2 aromatic rings. The third kappa shape index (κ3) is 2.30. The monoisotopic (exact) mass is 286 g/mol. The van der Waals surface area contributed by atoms with E-state index in [1.54, 1.807) is 6.07 Å². The average molecular weight is 286 g/mol. The second kappa shape index (κ2) is 4.65. The highest BCUT2D eigenvalue weighted by Gasteiger charge is 2.24. The predicted molar refractivity (Wildman–Crippen MR) is 81.0 cm³/mol. The Balaban J connectivity index is 1.86. The van der Waals surface area contributed by atoms with E-state index in [9.17, 15) is 10.2 Å². The molecule has 1 saturated carbocycles. The number of nitrogens with zero attached hydrogens (tertiary/aromatic N) is 3. The van der Waals surface area contributed by atoms with Crippen LogP contribution in [-0.4, -0.2) is 39.3 Å². The van der Waals surface area contributed by atoms with Gasteiger partial charge < -0.3 is 20.4 Å². The Bertz CT molecular complexity index is 694. The molecule has 1 aromatic heterocycles. The normalized spacial score (nSPS) is 18.4. The molecular weight excluding hydrogens is 268 g/mol. The predicted octanol–water partition coefficient (Wildman–Crippen LogP) is 2.22. The van der Waals surface area contributed by atoms with Gasteiger partial charge in [-0.3, -0.25) is 0 Å². The number of nitrogens with one attached hydrogen (secondary N) is 1. The van der Waals surface area contributed by atoms with Crippen molar-refractivity contribution in [2.24, 2.45) is 0 Å². The van der Waals surface area contributed by atoms with Gasteiger partial charge in [0.2, 0.25) is 5.95 Å². The largest absolute Gasteiger partial charge is 0.504 e. The van der Waals surface area contributed by atoms with Crippen LogP contribution in [-0.2, 0) is 0 Å². The summed E-state index contributed by atoms with van der Waals surface area (Å²) in [6.07, 6.45) is 4.62. The van der Waals surface area contributed by atoms with E-state index < -0.39 is 0 Å². The number of aromatic nitrogens is 2. The maximum Gasteiger partial charge on any atom is 0.225 e. The van der Waals surface area contributed by atoms with E-state index in [-0.39, 0.29) is 11.5 Å². The molecule has 3 N–H and O–H groups in total. The maximum absolute atomic E-state index is 9.77. The van der Waals surface area contributed by atoms with Gasteiger partial charge in [-0.2, -0.15) is 4.98 Å². The zero-order valence-corrected chi connectivity index (χ0v) is 11.7. The van der Waals surface area contributed by atoms with E-state index >= 15 is 0 Å². The van der Waals surface area contributed by atoms with Crippen LogP contribution in [0.3, 0.4) is 0 Å². The van der Waals surface area contributed by atoms with Crippen LogP contribution in [0.25, 0.3) is 10.9 Å². The van der Waals surface area contributed by atoms with Crippen LogP contribution in [0, 0.1) is 0 Å². The SMILES string of the molecule is Oc1cc2nc(NC3CC3)nc(N3CCCC3)c2cc1O. The summed E-state index contributed by atoms with van der Waals surface area (Å²) in [6.45, 7) is 1.94. The summed E-state index contributed by atoms with van der Waals surface area (Å²) in [5, 5.41) is 23.6. The minimum Gasteiger partial charge on any atom is -0.504 e. The first-order valence-corrected chi connectivity index (χ1v) is 7.46. The molecule has 0 radical (unpaired) electrons. The van der Waals surface area contributed by atoms with Crippen molar-refractivity contribution in [3.63, 3.8) is 0 Å². The summed E-state index contributed by atoms with van der Waals surface area (Å²) in [5.74, 6) is 1.17. The highest BCUT2D eigenvalue weighted by molar-refractivity contribution is 5.93. The summed E-state index contributed by atoms with van der Waals surface area (Å²) in [7, 11) is 0. The molecule has 110 valence electrons. The lowest BCUT2D eigenvalue weighted by Gasteiger charge is -2.19. The van der Waals surface area contributed by atoms with Crippen molar-refractivity contribution in [1.82, 2.24) is 9.97 Å². The highest BCUT2D eigenvalue weighted by atomic mass is 16.3. The third-order valence-corrected chi connectivity index (χ3v) is 4.09. The summed E-state index contributed by atoms with van der Waals surface area (Å²) in [4.78, 5) is 11.3. The zero-order valence-electron chi connectivity index (χ0n) is 11.7. The molecule has 0 amide bonds. The molecule has 0 unspecified atom stereocenters. The first-order valence-electron chi connectivity index (χ1n) is 7.46. The molecule has 6 nitrogen and oxygen atoms in total. The lowest BCUT2D eigenvalue weighted by Crippen LogP contribution is -2.20. The van der Waals surface area contributed by atoms with Crippen LogP contribution in [0.2, 0.25) is 0 Å². The van der Waals surface area contributed by atoms with E-state index in [1.165, 1.54) is 6.07 Å². The van der Waals surface area contributed by atoms with Crippen molar-refractivity contribution in [3.05, 3.63) is 12.1 Å². The Labute approximate surface area is 122 Å². The van der Waals surface area contributed by atoms with Crippen LogP contribution in [0.4, 0.5) is 11.8 Å². The number of fused-ring (bicyclic) bond motifs is 1. The lowest BCUT2D eigenvalue weighted by atomic mass is 10.2. The number of rotatable bonds is 3. The number of phenols is 2. The van der Waals surface area contributed by atoms with Gasteiger partial charge in [0.25, 0.3) is 0 Å². The van der Waals surface area contributed by atoms with E-state index in [0.717, 1.165) is 50.0 Å². The van der Waals surface area contributed by atoms with Crippen LogP contribution in [0.15, 0.2) is 12.1 Å². The Hall–Kier alpha value is -2.24. The van der Waals surface area contributed by atoms with Gasteiger partial charge in [0.15, 0.2) is 11.5 Å². The van der Waals surface area contributed by atoms with Crippen LogP contribution in [0.1, 0.15) is 25.7 Å². The molecule has 21 heavy (non-hydrogen) atoms. The summed E-state index contributed by atoms with van der Waals surface area (Å²) >= 11 is 0. The molecule has 0 bridgehead atoms. The average Bonchev–Trinajstić information content (AvgIpc) is 3.10. The smallest absolute Gasteiger partial charge is 0.225 e. The minimum atomic E-state index is -0.147. The second-order valence-corrected chi connectivity index (χ2v) is 5.84. The van der Waals surface area contributed by atoms with Crippen molar-refractivity contribution < 1.29 is 10.2 Å². The molecule has 4 rings (SSSR count). The quantitative estimate of drug-likeness (QED) is 0.751. The number of phenolic OH excluding ortho intramolecular Hbond substituents is 2. The number of anilines is 2. The van der Waals surface area contributed by atoms with Gasteiger partial charge in [-0.05, 0) is 31.7 Å². The van der Waals surface area contributed by atoms with Gasteiger partial charge in [-0.1, -0.05) is 0 Å². The molecule has 2 fully saturated rings. The van der Waals surface area contributed by atoms with Crippen molar-refractivity contribution >= 4 is 22.7 Å². The Morgan fingerprint density at radius 2 is 1.76 bits per heavy atom. The number of benzene rings is 1. The summed E-state index contributed by atoms with van der Waals surface area (Å²) in [5.41, 5.74) is 0.658. The fourth-order valence-electron chi connectivity index (χ4n) is 2.78. The van der Waals surface area contributed by atoms with Gasteiger partial charge >= 0.3 is 0 Å². The fraction of sp³-hybridized carbons (Fsp3) is 0.467. The Morgan fingerprint density at radius 1 is 1.05 bits per heavy atom. The van der Waals surface area contributed by atoms with Crippen LogP contribution < -0.4 is 10.2 Å². The molecule has 0 spiro atoms. The topological polar surface area (TPSA) is 81.5 Å². The van der Waals surface area contributed by atoms with Crippen molar-refractivity contribution in [2.75, 3.05) is 23.3 Å². The molecule has 1 aromatic carbocycles. The molecule has 2 heterocycles. The van der Waals surface area contributed by atoms with E-state index in [4.69, 9.17) is 0 Å². The van der Waals surface area contributed by atoms with E-state index in [0.29, 0.717) is 17.5 Å². The Morgan fingerprint density at radius 3 is 2.48 bits per heavy atom. The second-order valence-electron chi connectivity index (χ2n) is 5.84. The molecular formula is C15H18N4O2. The first kappa shape index (κ1) is 12.5. The summed E-state index contributed by atoms with van der Waals surface area (Å²) in [6, 6.07) is 3.53. The van der Waals surface area contributed by atoms with E-state index in [1.807, 2.05) is 0 Å². The van der Waals surface area contributed by atoms with Gasteiger partial charge in [-0.25, -0.2) is 4.98 Å². The molecule has 6 heteroatoms. The van der Waals surface area contributed by atoms with Crippen molar-refractivity contribution in [1.29, 1.82) is 0 Å². The van der Waals surface area contributed by atoms with Gasteiger partial charge in [0.1, 0.15) is 5.82 Å². The lowest BCUT2D eigenvalue weighted by molar-refractivity contribution is 0.405. The number of hydrogen-bond acceptors (Lipinski definition) is 6. The summed E-state index contributed by atoms with van der Waals surface area (Å²) < 4.78 is 0. The Kier molecular flexibility index (Phi) is 2.77. The number of hydrogen-bond donors (Lipinski definition) is 3. The standard InChI is InChI=1S/C15H18N4O2/c20-12-7-10-11(8-13(12)21)17-15(16-9-3-4-9)18-14(10)19-5-1-2-6-19/h7-9,20-21H,1-6H2,(H,16,17,18). The van der Waals surface area contributed by atoms with Crippen molar-refractivity contribution in [3.8, 4) is 11.5 Å². The van der Waals surface area contributed by atoms with Crippen LogP contribution >= 0.6 is 0 Å². The van der Waals surface area contributed by atoms with Gasteiger partial charge in [0, 0.05) is 30.6 Å². The molecule has 1 saturated heterocycles. The molecule has 2 aliphatic rings. The maximum atomic E-state index is 9.77. The van der Waals surface area contributed by atoms with Gasteiger partial charge in [0.05, 0.1) is 5.52 Å². The first-order chi connectivity index (χ1) is 10.2. The minimum absolute atomic E-state index is 0.130. The molecule has 1 aliphatic heterocycles. The fourth-order valence-corrected chi connectivity index (χ4v) is 2.78. The molecule has 0 atom stereocenters. The zero-order chi connectivity index (χ0) is 14.4. The van der Waals surface area contributed by atoms with Crippen molar-refractivity contribution in [2.45, 2.75) is 31.7 Å². The van der Waals surface area contributed by atoms with E-state index in [2.05, 4.69) is 20.2 Å². The highest BCUT2D eigenvalue weighted by Crippen LogP contribution is 2.36. The van der Waals surface area contributed by atoms with Gasteiger partial charge in [-0.15, -0.1) is 0 Å². The molecule has 1 aliphatic carbocycles. The third-order valence-electron chi connectivity index (χ3n) is 4.09. The van der Waals surface area contributed by atoms with Crippen LogP contribution in [0.5, 0.6) is 11.5 Å². The number of aromatic hydroxyl groups is 2.